The van der Waals surface area contributed by atoms with Gasteiger partial charge in [0.1, 0.15) is 24.9 Å². The summed E-state index contributed by atoms with van der Waals surface area (Å²) in [5.74, 6) is -1.96. The zero-order valence-electron chi connectivity index (χ0n) is 15.3. The lowest BCUT2D eigenvalue weighted by Crippen LogP contribution is -2.62. The smallest absolute Gasteiger partial charge is 0.322 e. The minimum Gasteiger partial charge on any atom is -0.471 e. The highest BCUT2D eigenvalue weighted by Crippen LogP contribution is 2.24. The van der Waals surface area contributed by atoms with E-state index in [2.05, 4.69) is 15.3 Å². The Morgan fingerprint density at radius 3 is 2.62 bits per heavy atom. The summed E-state index contributed by atoms with van der Waals surface area (Å²) in [6.07, 6.45) is -7.41. The van der Waals surface area contributed by atoms with Gasteiger partial charge >= 0.3 is 6.01 Å². The summed E-state index contributed by atoms with van der Waals surface area (Å²) >= 11 is 0. The summed E-state index contributed by atoms with van der Waals surface area (Å²) in [6, 6.07) is 8.58. The van der Waals surface area contributed by atoms with Crippen molar-refractivity contribution in [1.82, 2.24) is 15.3 Å². The van der Waals surface area contributed by atoms with Gasteiger partial charge in [0.15, 0.2) is 6.10 Å². The van der Waals surface area contributed by atoms with E-state index >= 15 is 0 Å². The van der Waals surface area contributed by atoms with Crippen LogP contribution in [0, 0.1) is 5.82 Å². The van der Waals surface area contributed by atoms with E-state index in [-0.39, 0.29) is 6.61 Å². The maximum absolute atomic E-state index is 13.9. The third-order valence-electron chi connectivity index (χ3n) is 4.20. The van der Waals surface area contributed by atoms with Crippen LogP contribution in [-0.4, -0.2) is 68.9 Å². The van der Waals surface area contributed by atoms with Crippen molar-refractivity contribution in [2.24, 2.45) is 0 Å². The van der Waals surface area contributed by atoms with Gasteiger partial charge < -0.3 is 34.8 Å². The molecule has 10 nitrogen and oxygen atoms in total. The number of aliphatic hydroxyl groups is 3. The molecule has 2 aromatic rings. The second-order valence-electron chi connectivity index (χ2n) is 6.21. The first-order valence-corrected chi connectivity index (χ1v) is 8.68. The summed E-state index contributed by atoms with van der Waals surface area (Å²) in [6.45, 7) is 0.0421. The Bertz CT molecular complexity index is 841. The number of hydrogen-bond donors (Lipinski definition) is 4. The average Bonchev–Trinajstić information content (AvgIpc) is 2.74. The third kappa shape index (κ3) is 4.77. The van der Waals surface area contributed by atoms with Gasteiger partial charge in [-0.2, -0.15) is 9.37 Å². The molecular formula is C18H20FN3O7. The van der Waals surface area contributed by atoms with Crippen LogP contribution in [0.25, 0.3) is 0 Å². The second kappa shape index (κ2) is 9.09. The number of nitrogens with one attached hydrogen (secondary N) is 1. The quantitative estimate of drug-likeness (QED) is 0.478. The van der Waals surface area contributed by atoms with Crippen molar-refractivity contribution in [3.63, 3.8) is 0 Å². The number of likely N-dealkylation sites (N-methyl/N-ethyl adjacent to an activating group) is 1. The fourth-order valence-electron chi connectivity index (χ4n) is 2.63. The summed E-state index contributed by atoms with van der Waals surface area (Å²) in [5, 5.41) is 32.2. The summed E-state index contributed by atoms with van der Waals surface area (Å²) in [4.78, 5) is 19.2. The van der Waals surface area contributed by atoms with Gasteiger partial charge in [-0.1, -0.05) is 30.3 Å². The summed E-state index contributed by atoms with van der Waals surface area (Å²) < 4.78 is 29.8. The van der Waals surface area contributed by atoms with Gasteiger partial charge in [0.2, 0.25) is 12.1 Å². The summed E-state index contributed by atoms with van der Waals surface area (Å²) in [5.41, 5.74) is 0.782. The van der Waals surface area contributed by atoms with E-state index in [1.807, 2.05) is 6.07 Å². The molecule has 11 heteroatoms. The van der Waals surface area contributed by atoms with E-state index in [1.165, 1.54) is 7.05 Å². The second-order valence-corrected chi connectivity index (χ2v) is 6.21. The molecule has 4 N–H and O–H groups in total. The number of hydrogen-bond acceptors (Lipinski definition) is 9. The Labute approximate surface area is 164 Å². The Morgan fingerprint density at radius 1 is 1.21 bits per heavy atom. The molecule has 29 heavy (non-hydrogen) atoms. The molecule has 1 aromatic carbocycles. The van der Waals surface area contributed by atoms with Crippen LogP contribution in [0.15, 0.2) is 36.5 Å². The van der Waals surface area contributed by atoms with Crippen molar-refractivity contribution < 1.29 is 38.7 Å². The van der Waals surface area contributed by atoms with Gasteiger partial charge in [-0.3, -0.25) is 4.79 Å². The molecule has 3 rings (SSSR count). The molecule has 1 aliphatic rings. The highest BCUT2D eigenvalue weighted by molar-refractivity contribution is 5.81. The monoisotopic (exact) mass is 409 g/mol. The van der Waals surface area contributed by atoms with E-state index in [9.17, 15) is 24.5 Å². The predicted molar refractivity (Wildman–Crippen MR) is 94.1 cm³/mol. The standard InChI is InChI=1S/C18H20FN3O7/c1-20-15(26)14-12(24)11(23)13(25)17(28-14)29-18-21-7-10(19)16(22-18)27-8-9-5-3-2-4-6-9/h2-7,11-14,17,23-25H,8H2,1H3,(H,20,26)/t11-,12-,13+,14-,17-/m0/s1. The van der Waals surface area contributed by atoms with Gasteiger partial charge in [-0.05, 0) is 5.56 Å². The van der Waals surface area contributed by atoms with Crippen LogP contribution in [0.5, 0.6) is 11.9 Å². The number of amides is 1. The molecular weight excluding hydrogens is 389 g/mol. The van der Waals surface area contributed by atoms with Crippen LogP contribution in [0.4, 0.5) is 4.39 Å². The molecule has 156 valence electrons. The lowest BCUT2D eigenvalue weighted by atomic mass is 9.98. The largest absolute Gasteiger partial charge is 0.471 e. The third-order valence-corrected chi connectivity index (χ3v) is 4.20. The fraction of sp³-hybridized carbons (Fsp3) is 0.389. The maximum Gasteiger partial charge on any atom is 0.322 e. The topological polar surface area (TPSA) is 143 Å². The first-order chi connectivity index (χ1) is 13.9. The Balaban J connectivity index is 1.72. The molecule has 1 aliphatic heterocycles. The molecule has 1 fully saturated rings. The molecule has 1 saturated heterocycles. The number of halogens is 1. The molecule has 1 amide bonds. The van der Waals surface area contributed by atoms with Crippen LogP contribution < -0.4 is 14.8 Å². The van der Waals surface area contributed by atoms with E-state index in [0.29, 0.717) is 0 Å². The number of carbonyl (C=O) groups is 1. The lowest BCUT2D eigenvalue weighted by Gasteiger charge is -2.38. The van der Waals surface area contributed by atoms with Crippen LogP contribution >= 0.6 is 0 Å². The van der Waals surface area contributed by atoms with Crippen molar-refractivity contribution in [1.29, 1.82) is 0 Å². The Hall–Kier alpha value is -2.86. The normalized spacial score (nSPS) is 26.6. The zero-order chi connectivity index (χ0) is 21.0. The molecule has 5 atom stereocenters. The van der Waals surface area contributed by atoms with E-state index in [1.54, 1.807) is 24.3 Å². The first-order valence-electron chi connectivity index (χ1n) is 8.68. The molecule has 2 heterocycles. The van der Waals surface area contributed by atoms with Crippen molar-refractivity contribution in [2.45, 2.75) is 37.3 Å². The number of nitrogens with zero attached hydrogens (tertiary/aromatic N) is 2. The molecule has 0 unspecified atom stereocenters. The fourth-order valence-corrected chi connectivity index (χ4v) is 2.63. The van der Waals surface area contributed by atoms with Gasteiger partial charge in [-0.25, -0.2) is 4.98 Å². The van der Waals surface area contributed by atoms with Gasteiger partial charge in [0.25, 0.3) is 11.8 Å². The highest BCUT2D eigenvalue weighted by Gasteiger charge is 2.48. The van der Waals surface area contributed by atoms with Gasteiger partial charge in [0, 0.05) is 7.05 Å². The molecule has 1 aromatic heterocycles. The van der Waals surface area contributed by atoms with Crippen LogP contribution in [0.3, 0.4) is 0 Å². The zero-order valence-corrected chi connectivity index (χ0v) is 15.3. The number of benzene rings is 1. The molecule has 0 aliphatic carbocycles. The summed E-state index contributed by atoms with van der Waals surface area (Å²) in [7, 11) is 1.31. The predicted octanol–water partition coefficient (Wildman–Crippen LogP) is -0.873. The minimum absolute atomic E-state index is 0.0421. The average molecular weight is 409 g/mol. The SMILES string of the molecule is CNC(=O)[C@H]1O[C@@H](Oc2ncc(F)c(OCc3ccccc3)n2)[C@H](O)[C@@H](O)[C@@H]1O. The van der Waals surface area contributed by atoms with Crippen molar-refractivity contribution in [2.75, 3.05) is 7.05 Å². The molecule has 0 spiro atoms. The van der Waals surface area contributed by atoms with Crippen LogP contribution in [0.2, 0.25) is 0 Å². The Morgan fingerprint density at radius 2 is 1.93 bits per heavy atom. The van der Waals surface area contributed by atoms with E-state index in [0.717, 1.165) is 11.8 Å². The van der Waals surface area contributed by atoms with Gasteiger partial charge in [-0.15, -0.1) is 0 Å². The molecule has 0 radical (unpaired) electrons. The van der Waals surface area contributed by atoms with E-state index < -0.39 is 54.3 Å². The lowest BCUT2D eigenvalue weighted by molar-refractivity contribution is -0.268. The van der Waals surface area contributed by atoms with Crippen molar-refractivity contribution in [3.8, 4) is 11.9 Å². The number of carbonyl (C=O) groups excluding carboxylic acids is 1. The molecule has 0 saturated carbocycles. The maximum atomic E-state index is 13.9. The Kier molecular flexibility index (Phi) is 6.54. The minimum atomic E-state index is -1.73. The number of aromatic nitrogens is 2. The highest BCUT2D eigenvalue weighted by atomic mass is 19.1. The molecule has 0 bridgehead atoms. The van der Waals surface area contributed by atoms with E-state index in [4.69, 9.17) is 14.2 Å². The van der Waals surface area contributed by atoms with Crippen molar-refractivity contribution in [3.05, 3.63) is 47.9 Å². The first kappa shape index (κ1) is 20.9. The number of ether oxygens (including phenoxy) is 3. The van der Waals surface area contributed by atoms with Crippen LogP contribution in [0.1, 0.15) is 5.56 Å². The number of aliphatic hydroxyl groups excluding tert-OH is 3. The number of rotatable bonds is 6. The van der Waals surface area contributed by atoms with Crippen molar-refractivity contribution >= 4 is 5.91 Å². The van der Waals surface area contributed by atoms with Crippen LogP contribution in [-0.2, 0) is 16.1 Å². The van der Waals surface area contributed by atoms with Gasteiger partial charge in [0.05, 0.1) is 6.20 Å².